The zero-order chi connectivity index (χ0) is 23.4. The predicted molar refractivity (Wildman–Crippen MR) is 122 cm³/mol. The first-order chi connectivity index (χ1) is 15.2. The molecule has 0 aliphatic rings. The molecule has 0 radical (unpaired) electrons. The number of nitrogens with zero attached hydrogens (tertiary/aromatic N) is 4. The standard InChI is InChI=1S/C22H30N6O4/c1-5-15(4)24-19(30)13-27-22(32)28-17-9-7-6-8-16(17)20(31)26(21(28)25-27)11-10-18(29)23-12-14(2)3/h6-9,14-15H,5,10-13H2,1-4H3,(H,23,29)(H,24,30). The fraction of sp³-hybridized carbons (Fsp3) is 0.500. The molecule has 10 nitrogen and oxygen atoms in total. The molecule has 0 aliphatic carbocycles. The molecular weight excluding hydrogens is 412 g/mol. The van der Waals surface area contributed by atoms with Crippen LogP contribution in [0.2, 0.25) is 0 Å². The molecule has 2 aromatic heterocycles. The molecule has 0 spiro atoms. The van der Waals surface area contributed by atoms with E-state index in [1.807, 2.05) is 27.7 Å². The molecule has 1 unspecified atom stereocenters. The van der Waals surface area contributed by atoms with Gasteiger partial charge in [0.15, 0.2) is 0 Å². The van der Waals surface area contributed by atoms with E-state index in [4.69, 9.17) is 0 Å². The van der Waals surface area contributed by atoms with Gasteiger partial charge >= 0.3 is 5.69 Å². The second kappa shape index (κ2) is 9.80. The van der Waals surface area contributed by atoms with Crippen LogP contribution in [0.4, 0.5) is 0 Å². The third-order valence-corrected chi connectivity index (χ3v) is 5.27. The van der Waals surface area contributed by atoms with Crippen molar-refractivity contribution < 1.29 is 9.59 Å². The van der Waals surface area contributed by atoms with Crippen molar-refractivity contribution in [3.8, 4) is 0 Å². The molecule has 1 aromatic carbocycles. The van der Waals surface area contributed by atoms with Gasteiger partial charge in [-0.15, -0.1) is 5.10 Å². The summed E-state index contributed by atoms with van der Waals surface area (Å²) < 4.78 is 3.69. The summed E-state index contributed by atoms with van der Waals surface area (Å²) >= 11 is 0. The third-order valence-electron chi connectivity index (χ3n) is 5.27. The molecule has 3 rings (SSSR count). The highest BCUT2D eigenvalue weighted by Gasteiger charge is 2.19. The van der Waals surface area contributed by atoms with Crippen LogP contribution in [0.15, 0.2) is 33.9 Å². The van der Waals surface area contributed by atoms with Gasteiger partial charge in [-0.2, -0.15) is 0 Å². The molecule has 172 valence electrons. The topological polar surface area (TPSA) is 120 Å². The Kier molecular flexibility index (Phi) is 7.12. The molecule has 2 amide bonds. The number of rotatable bonds is 9. The largest absolute Gasteiger partial charge is 0.356 e. The lowest BCUT2D eigenvalue weighted by Gasteiger charge is -2.11. The number of nitrogens with one attached hydrogen (secondary N) is 2. The maximum Gasteiger partial charge on any atom is 0.352 e. The Morgan fingerprint density at radius 1 is 1.09 bits per heavy atom. The van der Waals surface area contributed by atoms with Crippen molar-refractivity contribution in [2.75, 3.05) is 6.54 Å². The van der Waals surface area contributed by atoms with Gasteiger partial charge in [0.25, 0.3) is 5.56 Å². The summed E-state index contributed by atoms with van der Waals surface area (Å²) in [6.45, 7) is 8.15. The predicted octanol–water partition coefficient (Wildman–Crippen LogP) is 0.888. The Balaban J connectivity index is 2.03. The Labute approximate surface area is 185 Å². The van der Waals surface area contributed by atoms with Crippen LogP contribution in [0, 0.1) is 5.92 Å². The highest BCUT2D eigenvalue weighted by atomic mass is 16.2. The van der Waals surface area contributed by atoms with Crippen LogP contribution < -0.4 is 21.9 Å². The number of fused-ring (bicyclic) bond motifs is 3. The first-order valence-corrected chi connectivity index (χ1v) is 10.9. The molecule has 3 aromatic rings. The smallest absolute Gasteiger partial charge is 0.352 e. The van der Waals surface area contributed by atoms with Crippen LogP contribution in [0.25, 0.3) is 16.7 Å². The Morgan fingerprint density at radius 3 is 2.50 bits per heavy atom. The van der Waals surface area contributed by atoms with Crippen molar-refractivity contribution in [3.63, 3.8) is 0 Å². The lowest BCUT2D eigenvalue weighted by Crippen LogP contribution is -2.37. The highest BCUT2D eigenvalue weighted by molar-refractivity contribution is 5.80. The van der Waals surface area contributed by atoms with Gasteiger partial charge in [-0.1, -0.05) is 32.9 Å². The second-order valence-corrected chi connectivity index (χ2v) is 8.37. The van der Waals surface area contributed by atoms with Crippen LogP contribution >= 0.6 is 0 Å². The van der Waals surface area contributed by atoms with E-state index in [0.29, 0.717) is 23.4 Å². The number of carbonyl (C=O) groups is 2. The molecule has 2 heterocycles. The summed E-state index contributed by atoms with van der Waals surface area (Å²) in [7, 11) is 0. The molecule has 32 heavy (non-hydrogen) atoms. The van der Waals surface area contributed by atoms with E-state index in [9.17, 15) is 19.2 Å². The van der Waals surface area contributed by atoms with Crippen LogP contribution in [0.5, 0.6) is 0 Å². The second-order valence-electron chi connectivity index (χ2n) is 8.37. The minimum atomic E-state index is -0.520. The third kappa shape index (κ3) is 4.90. The Bertz CT molecular complexity index is 1250. The number of amides is 2. The van der Waals surface area contributed by atoms with E-state index in [-0.39, 0.29) is 48.7 Å². The fourth-order valence-corrected chi connectivity index (χ4v) is 3.35. The monoisotopic (exact) mass is 442 g/mol. The van der Waals surface area contributed by atoms with Crippen LogP contribution in [-0.4, -0.2) is 43.1 Å². The molecule has 0 aliphatic heterocycles. The number of para-hydroxylation sites is 1. The molecule has 1 atom stereocenters. The number of aromatic nitrogens is 4. The zero-order valence-electron chi connectivity index (χ0n) is 18.9. The van der Waals surface area contributed by atoms with E-state index in [1.165, 1.54) is 8.97 Å². The minimum Gasteiger partial charge on any atom is -0.356 e. The van der Waals surface area contributed by atoms with E-state index >= 15 is 0 Å². The van der Waals surface area contributed by atoms with E-state index in [0.717, 1.165) is 11.1 Å². The van der Waals surface area contributed by atoms with E-state index < -0.39 is 5.69 Å². The molecule has 0 bridgehead atoms. The average molecular weight is 443 g/mol. The van der Waals surface area contributed by atoms with Crippen molar-refractivity contribution in [2.45, 2.75) is 59.7 Å². The summed E-state index contributed by atoms with van der Waals surface area (Å²) in [5, 5.41) is 10.3. The van der Waals surface area contributed by atoms with Crippen LogP contribution in [0.3, 0.4) is 0 Å². The van der Waals surface area contributed by atoms with Crippen molar-refractivity contribution in [1.29, 1.82) is 0 Å². The summed E-state index contributed by atoms with van der Waals surface area (Å²) in [5.41, 5.74) is -0.453. The van der Waals surface area contributed by atoms with Crippen LogP contribution in [0.1, 0.15) is 40.5 Å². The minimum absolute atomic E-state index is 0.0291. The summed E-state index contributed by atoms with van der Waals surface area (Å²) in [6, 6.07) is 6.70. The first-order valence-electron chi connectivity index (χ1n) is 10.9. The fourth-order valence-electron chi connectivity index (χ4n) is 3.35. The van der Waals surface area contributed by atoms with E-state index in [2.05, 4.69) is 15.7 Å². The average Bonchev–Trinajstić information content (AvgIpc) is 3.07. The quantitative estimate of drug-likeness (QED) is 0.510. The molecular formula is C22H30N6O4. The van der Waals surface area contributed by atoms with Gasteiger partial charge in [-0.05, 0) is 31.4 Å². The van der Waals surface area contributed by atoms with Gasteiger partial charge in [0.2, 0.25) is 17.6 Å². The first kappa shape index (κ1) is 23.2. The summed E-state index contributed by atoms with van der Waals surface area (Å²) in [5.74, 6) is -0.112. The van der Waals surface area contributed by atoms with Gasteiger partial charge in [0, 0.05) is 25.6 Å². The van der Waals surface area contributed by atoms with Gasteiger partial charge in [-0.25, -0.2) is 13.9 Å². The number of hydrogen-bond acceptors (Lipinski definition) is 5. The molecule has 0 saturated carbocycles. The van der Waals surface area contributed by atoms with Gasteiger partial charge in [-0.3, -0.25) is 19.0 Å². The van der Waals surface area contributed by atoms with Crippen molar-refractivity contribution in [3.05, 3.63) is 45.1 Å². The maximum atomic E-state index is 13.1. The van der Waals surface area contributed by atoms with Crippen molar-refractivity contribution >= 4 is 28.5 Å². The number of carbonyl (C=O) groups excluding carboxylic acids is 2. The van der Waals surface area contributed by atoms with Gasteiger partial charge in [0.05, 0.1) is 10.9 Å². The highest BCUT2D eigenvalue weighted by Crippen LogP contribution is 2.11. The molecule has 0 fully saturated rings. The zero-order valence-corrected chi connectivity index (χ0v) is 18.9. The maximum absolute atomic E-state index is 13.1. The Hall–Kier alpha value is -3.43. The summed E-state index contributed by atoms with van der Waals surface area (Å²) in [6.07, 6.45) is 0.824. The normalized spacial score (nSPS) is 12.4. The summed E-state index contributed by atoms with van der Waals surface area (Å²) in [4.78, 5) is 50.8. The van der Waals surface area contributed by atoms with Gasteiger partial charge in [0.1, 0.15) is 6.54 Å². The molecule has 2 N–H and O–H groups in total. The SMILES string of the molecule is CCC(C)NC(=O)Cn1nc2n(CCC(=O)NCC(C)C)c(=O)c3ccccc3n2c1=O. The van der Waals surface area contributed by atoms with Crippen LogP contribution in [-0.2, 0) is 22.7 Å². The Morgan fingerprint density at radius 2 is 1.81 bits per heavy atom. The number of aryl methyl sites for hydroxylation is 1. The van der Waals surface area contributed by atoms with Crippen molar-refractivity contribution in [1.82, 2.24) is 29.4 Å². The lowest BCUT2D eigenvalue weighted by atomic mass is 10.2. The van der Waals surface area contributed by atoms with E-state index in [1.54, 1.807) is 24.3 Å². The molecule has 10 heteroatoms. The molecule has 0 saturated heterocycles. The number of benzene rings is 1. The lowest BCUT2D eigenvalue weighted by molar-refractivity contribution is -0.122. The van der Waals surface area contributed by atoms with Gasteiger partial charge < -0.3 is 10.6 Å². The van der Waals surface area contributed by atoms with Crippen molar-refractivity contribution in [2.24, 2.45) is 5.92 Å². The number of hydrogen-bond donors (Lipinski definition) is 2.